The zero-order valence-corrected chi connectivity index (χ0v) is 23.3. The van der Waals surface area contributed by atoms with E-state index in [9.17, 15) is 4.79 Å². The summed E-state index contributed by atoms with van der Waals surface area (Å²) in [5.41, 5.74) is 1.16. The molecule has 1 aliphatic rings. The Balaban J connectivity index is 1.71. The van der Waals surface area contributed by atoms with Crippen LogP contribution in [0.2, 0.25) is 18.1 Å². The van der Waals surface area contributed by atoms with Crippen molar-refractivity contribution in [2.75, 3.05) is 7.11 Å². The zero-order valence-electron chi connectivity index (χ0n) is 22.3. The highest BCUT2D eigenvalue weighted by Crippen LogP contribution is 2.39. The maximum Gasteiger partial charge on any atom is 0.192 e. The summed E-state index contributed by atoms with van der Waals surface area (Å²) < 4.78 is 24.1. The van der Waals surface area contributed by atoms with Gasteiger partial charge in [-0.15, -0.1) is 0 Å². The summed E-state index contributed by atoms with van der Waals surface area (Å²) in [6.07, 6.45) is 10.8. The van der Waals surface area contributed by atoms with Crippen LogP contribution >= 0.6 is 0 Å². The van der Waals surface area contributed by atoms with Crippen LogP contribution in [0, 0.1) is 0 Å². The molecule has 2 rings (SSSR count). The Labute approximate surface area is 208 Å². The number of hydrogen-bond acceptors (Lipinski definition) is 5. The van der Waals surface area contributed by atoms with Gasteiger partial charge in [0.05, 0.1) is 38.1 Å². The second-order valence-electron chi connectivity index (χ2n) is 10.9. The highest BCUT2D eigenvalue weighted by Gasteiger charge is 2.42. The second-order valence-corrected chi connectivity index (χ2v) is 15.7. The molecule has 1 aromatic carbocycles. The zero-order chi connectivity index (χ0) is 25.2. The molecule has 6 heteroatoms. The van der Waals surface area contributed by atoms with Gasteiger partial charge >= 0.3 is 0 Å². The van der Waals surface area contributed by atoms with Crippen molar-refractivity contribution in [2.24, 2.45) is 0 Å². The minimum absolute atomic E-state index is 0.0134. The molecule has 0 saturated carbocycles. The van der Waals surface area contributed by atoms with E-state index >= 15 is 0 Å². The third-order valence-corrected chi connectivity index (χ3v) is 11.6. The number of carbonyl (C=O) groups is 1. The molecule has 192 valence electrons. The molecule has 0 aromatic heterocycles. The van der Waals surface area contributed by atoms with E-state index in [0.717, 1.165) is 49.7 Å². The van der Waals surface area contributed by atoms with Crippen LogP contribution in [0.25, 0.3) is 0 Å². The fourth-order valence-electron chi connectivity index (χ4n) is 3.84. The topological polar surface area (TPSA) is 54.0 Å². The van der Waals surface area contributed by atoms with Crippen LogP contribution in [0.3, 0.4) is 0 Å². The summed E-state index contributed by atoms with van der Waals surface area (Å²) in [6, 6.07) is 8.00. The maximum atomic E-state index is 11.3. The molecule has 0 unspecified atom stereocenters. The summed E-state index contributed by atoms with van der Waals surface area (Å²) >= 11 is 0. The number of ether oxygens (including phenoxy) is 3. The van der Waals surface area contributed by atoms with Gasteiger partial charge in [-0.25, -0.2) is 0 Å². The van der Waals surface area contributed by atoms with Gasteiger partial charge in [0, 0.05) is 6.42 Å². The first-order chi connectivity index (χ1) is 16.1. The highest BCUT2D eigenvalue weighted by molar-refractivity contribution is 6.74. The Hall–Kier alpha value is -1.47. The Morgan fingerprint density at radius 1 is 1.18 bits per heavy atom. The van der Waals surface area contributed by atoms with Crippen LogP contribution in [0.4, 0.5) is 0 Å². The summed E-state index contributed by atoms with van der Waals surface area (Å²) in [4.78, 5) is 11.3. The minimum Gasteiger partial charge on any atom is -0.497 e. The molecule has 1 aliphatic heterocycles. The SMILES string of the molecule is COc1ccc(CO[C@@H](C)CCC/C=C/[C@H]2CC[C@H](O[Si](C)(C)C(C)(C)C)[C@H](CC=O)O2)cc1. The van der Waals surface area contributed by atoms with E-state index in [0.29, 0.717) is 13.0 Å². The van der Waals surface area contributed by atoms with Crippen molar-refractivity contribution in [3.63, 3.8) is 0 Å². The lowest BCUT2D eigenvalue weighted by Gasteiger charge is -2.43. The maximum absolute atomic E-state index is 11.3. The molecule has 1 heterocycles. The van der Waals surface area contributed by atoms with Gasteiger partial charge < -0.3 is 23.4 Å². The number of methoxy groups -OCH3 is 1. The van der Waals surface area contributed by atoms with Crippen molar-refractivity contribution in [3.05, 3.63) is 42.0 Å². The highest BCUT2D eigenvalue weighted by atomic mass is 28.4. The third-order valence-electron chi connectivity index (χ3n) is 7.11. The van der Waals surface area contributed by atoms with Crippen LogP contribution in [0.1, 0.15) is 71.8 Å². The molecule has 5 nitrogen and oxygen atoms in total. The Morgan fingerprint density at radius 3 is 2.50 bits per heavy atom. The smallest absolute Gasteiger partial charge is 0.192 e. The average Bonchev–Trinajstić information content (AvgIpc) is 2.78. The van der Waals surface area contributed by atoms with Gasteiger partial charge in [-0.2, -0.15) is 0 Å². The molecular weight excluding hydrogens is 444 g/mol. The van der Waals surface area contributed by atoms with Crippen molar-refractivity contribution in [3.8, 4) is 5.75 Å². The monoisotopic (exact) mass is 490 g/mol. The molecule has 0 spiro atoms. The van der Waals surface area contributed by atoms with Gasteiger partial charge in [-0.3, -0.25) is 0 Å². The molecule has 0 radical (unpaired) electrons. The molecule has 0 bridgehead atoms. The number of hydrogen-bond donors (Lipinski definition) is 0. The predicted molar refractivity (Wildman–Crippen MR) is 141 cm³/mol. The summed E-state index contributed by atoms with van der Waals surface area (Å²) in [5.74, 6) is 0.863. The van der Waals surface area contributed by atoms with E-state index in [1.54, 1.807) is 7.11 Å². The van der Waals surface area contributed by atoms with E-state index in [2.05, 4.69) is 52.9 Å². The van der Waals surface area contributed by atoms with Gasteiger partial charge in [0.25, 0.3) is 0 Å². The van der Waals surface area contributed by atoms with E-state index in [1.165, 1.54) is 0 Å². The van der Waals surface area contributed by atoms with Crippen molar-refractivity contribution < 1.29 is 23.4 Å². The molecule has 4 atom stereocenters. The Bertz CT molecular complexity index is 753. The summed E-state index contributed by atoms with van der Waals surface area (Å²) in [5, 5.41) is 0.144. The van der Waals surface area contributed by atoms with Crippen molar-refractivity contribution in [1.29, 1.82) is 0 Å². The average molecular weight is 491 g/mol. The number of unbranched alkanes of at least 4 members (excludes halogenated alkanes) is 1. The van der Waals surface area contributed by atoms with Crippen LogP contribution < -0.4 is 4.74 Å². The first-order valence-electron chi connectivity index (χ1n) is 12.7. The fraction of sp³-hybridized carbons (Fsp3) is 0.679. The molecule has 1 fully saturated rings. The van der Waals surface area contributed by atoms with Crippen molar-refractivity contribution in [1.82, 2.24) is 0 Å². The van der Waals surface area contributed by atoms with Crippen molar-refractivity contribution >= 4 is 14.6 Å². The quantitative estimate of drug-likeness (QED) is 0.131. The molecule has 0 amide bonds. The number of carbonyl (C=O) groups excluding carboxylic acids is 1. The lowest BCUT2D eigenvalue weighted by molar-refractivity contribution is -0.122. The van der Waals surface area contributed by atoms with Gasteiger partial charge in [0.15, 0.2) is 8.32 Å². The molecule has 0 N–H and O–H groups in total. The first-order valence-corrected chi connectivity index (χ1v) is 15.6. The fourth-order valence-corrected chi connectivity index (χ4v) is 5.22. The predicted octanol–water partition coefficient (Wildman–Crippen LogP) is 6.85. The molecule has 1 saturated heterocycles. The molecular formula is C28H46O5Si. The largest absolute Gasteiger partial charge is 0.497 e. The third kappa shape index (κ3) is 9.29. The Morgan fingerprint density at radius 2 is 1.88 bits per heavy atom. The van der Waals surface area contributed by atoms with Gasteiger partial charge in [-0.1, -0.05) is 45.1 Å². The molecule has 1 aromatic rings. The standard InChI is InChI=1S/C28H46O5Si/c1-22(31-21-23-13-15-24(30-5)16-14-23)11-9-8-10-12-25-17-18-27(26(32-25)19-20-29)33-34(6,7)28(2,3)4/h10,12-16,20,22,25-27H,8-9,11,17-19,21H2,1-7H3/b12-10+/t22-,25-,26-,27-/m0/s1. The van der Waals surface area contributed by atoms with Crippen molar-refractivity contribution in [2.45, 2.75) is 115 Å². The number of aldehydes is 1. The van der Waals surface area contributed by atoms with E-state index in [4.69, 9.17) is 18.6 Å². The first kappa shape index (κ1) is 28.8. The van der Waals surface area contributed by atoms with E-state index in [-0.39, 0.29) is 29.5 Å². The number of allylic oxidation sites excluding steroid dienone is 1. The van der Waals surface area contributed by atoms with Gasteiger partial charge in [0.1, 0.15) is 12.0 Å². The minimum atomic E-state index is -1.90. The Kier molecular flexibility index (Phi) is 11.5. The van der Waals surface area contributed by atoms with E-state index in [1.807, 2.05) is 24.3 Å². The van der Waals surface area contributed by atoms with Gasteiger partial charge in [-0.05, 0) is 74.9 Å². The molecule has 0 aliphatic carbocycles. The van der Waals surface area contributed by atoms with Crippen LogP contribution in [-0.4, -0.2) is 46.1 Å². The number of benzene rings is 1. The van der Waals surface area contributed by atoms with Gasteiger partial charge in [0.2, 0.25) is 0 Å². The van der Waals surface area contributed by atoms with Crippen LogP contribution in [-0.2, 0) is 25.3 Å². The number of rotatable bonds is 13. The lowest BCUT2D eigenvalue weighted by Crippen LogP contribution is -2.50. The summed E-state index contributed by atoms with van der Waals surface area (Å²) in [6.45, 7) is 14.0. The normalized spacial score (nSPS) is 22.6. The second kappa shape index (κ2) is 13.6. The van der Waals surface area contributed by atoms with Crippen LogP contribution in [0.15, 0.2) is 36.4 Å². The van der Waals surface area contributed by atoms with E-state index < -0.39 is 8.32 Å². The van der Waals surface area contributed by atoms with Crippen LogP contribution in [0.5, 0.6) is 5.75 Å². The summed E-state index contributed by atoms with van der Waals surface area (Å²) in [7, 11) is -0.223. The molecule has 34 heavy (non-hydrogen) atoms. The lowest BCUT2D eigenvalue weighted by atomic mass is 9.98.